The van der Waals surface area contributed by atoms with E-state index in [-0.39, 0.29) is 19.1 Å². The summed E-state index contributed by atoms with van der Waals surface area (Å²) in [5.74, 6) is 0.314. The lowest BCUT2D eigenvalue weighted by molar-refractivity contribution is 0.0609. The molecule has 0 heterocycles. The fourth-order valence-electron chi connectivity index (χ4n) is 2.01. The van der Waals surface area contributed by atoms with Gasteiger partial charge in [0.05, 0.1) is 12.7 Å². The average Bonchev–Trinajstić information content (AvgIpc) is 2.47. The third-order valence-corrected chi connectivity index (χ3v) is 3.82. The van der Waals surface area contributed by atoms with Crippen molar-refractivity contribution in [2.75, 3.05) is 25.6 Å². The zero-order valence-electron chi connectivity index (χ0n) is 14.1. The molecule has 2 atom stereocenters. The highest BCUT2D eigenvalue weighted by Gasteiger charge is 2.15. The number of hydrogen-bond acceptors (Lipinski definition) is 4. The van der Waals surface area contributed by atoms with Gasteiger partial charge in [-0.1, -0.05) is 19.9 Å². The number of aliphatic hydroxyl groups excluding tert-OH is 1. The average molecular weight is 308 g/mol. The number of carbonyl (C=O) groups is 1. The minimum Gasteiger partial charge on any atom is -0.389 e. The standard InChI is InChI=1S/C17H28N2O3/c1-11(2)13(4)19-16-8-6-7-15(12(16)3)17(21)18-9-14(20)10-22-5/h6-8,11,13-14,19-20H,9-10H2,1-5H3,(H,18,21). The third-order valence-electron chi connectivity index (χ3n) is 3.82. The van der Waals surface area contributed by atoms with Gasteiger partial charge in [0.2, 0.25) is 0 Å². The number of hydrogen-bond donors (Lipinski definition) is 3. The Hall–Kier alpha value is -1.59. The molecule has 0 aliphatic rings. The van der Waals surface area contributed by atoms with Crippen LogP contribution < -0.4 is 10.6 Å². The zero-order valence-corrected chi connectivity index (χ0v) is 14.1. The molecule has 0 fully saturated rings. The van der Waals surface area contributed by atoms with Crippen LogP contribution in [0.1, 0.15) is 36.7 Å². The van der Waals surface area contributed by atoms with Crippen molar-refractivity contribution >= 4 is 11.6 Å². The minimum absolute atomic E-state index is 0.173. The normalized spacial score (nSPS) is 13.8. The lowest BCUT2D eigenvalue weighted by atomic mass is 10.0. The van der Waals surface area contributed by atoms with E-state index < -0.39 is 6.10 Å². The number of rotatable bonds is 8. The van der Waals surface area contributed by atoms with Gasteiger partial charge < -0.3 is 20.5 Å². The van der Waals surface area contributed by atoms with Gasteiger partial charge in [0.1, 0.15) is 0 Å². The molecule has 0 saturated heterocycles. The van der Waals surface area contributed by atoms with Gasteiger partial charge in [-0.2, -0.15) is 0 Å². The third kappa shape index (κ3) is 5.31. The number of methoxy groups -OCH3 is 1. The van der Waals surface area contributed by atoms with Gasteiger partial charge in [0.15, 0.2) is 0 Å². The molecule has 0 aliphatic heterocycles. The highest BCUT2D eigenvalue weighted by Crippen LogP contribution is 2.21. The Morgan fingerprint density at radius 3 is 2.59 bits per heavy atom. The molecule has 0 aromatic heterocycles. The minimum atomic E-state index is -0.698. The van der Waals surface area contributed by atoms with Crippen molar-refractivity contribution in [3.8, 4) is 0 Å². The molecule has 22 heavy (non-hydrogen) atoms. The zero-order chi connectivity index (χ0) is 16.7. The van der Waals surface area contributed by atoms with E-state index in [2.05, 4.69) is 31.4 Å². The van der Waals surface area contributed by atoms with Gasteiger partial charge >= 0.3 is 0 Å². The Morgan fingerprint density at radius 1 is 1.32 bits per heavy atom. The fourth-order valence-corrected chi connectivity index (χ4v) is 2.01. The quantitative estimate of drug-likeness (QED) is 0.688. The first kappa shape index (κ1) is 18.5. The maximum Gasteiger partial charge on any atom is 0.251 e. The molecule has 0 saturated carbocycles. The lowest BCUT2D eigenvalue weighted by Gasteiger charge is -2.21. The molecule has 0 radical (unpaired) electrons. The molecular weight excluding hydrogens is 280 g/mol. The highest BCUT2D eigenvalue weighted by molar-refractivity contribution is 5.97. The summed E-state index contributed by atoms with van der Waals surface area (Å²) in [4.78, 5) is 12.3. The lowest BCUT2D eigenvalue weighted by Crippen LogP contribution is -2.34. The van der Waals surface area contributed by atoms with Crippen LogP contribution in [-0.2, 0) is 4.74 Å². The van der Waals surface area contributed by atoms with Crippen molar-refractivity contribution < 1.29 is 14.6 Å². The smallest absolute Gasteiger partial charge is 0.251 e. The highest BCUT2D eigenvalue weighted by atomic mass is 16.5. The second kappa shape index (κ2) is 8.76. The van der Waals surface area contributed by atoms with Gasteiger partial charge in [0.25, 0.3) is 5.91 Å². The first-order valence-corrected chi connectivity index (χ1v) is 7.68. The molecule has 3 N–H and O–H groups in total. The molecule has 0 bridgehead atoms. The SMILES string of the molecule is COCC(O)CNC(=O)c1cccc(NC(C)C(C)C)c1C. The van der Waals surface area contributed by atoms with Gasteiger partial charge in [0, 0.05) is 30.9 Å². The predicted octanol–water partition coefficient (Wildman–Crippen LogP) is 2.19. The number of anilines is 1. The second-order valence-corrected chi connectivity index (χ2v) is 5.97. The van der Waals surface area contributed by atoms with Crippen molar-refractivity contribution in [1.82, 2.24) is 5.32 Å². The van der Waals surface area contributed by atoms with Gasteiger partial charge in [-0.3, -0.25) is 4.79 Å². The maximum absolute atomic E-state index is 12.3. The molecule has 0 aliphatic carbocycles. The van der Waals surface area contributed by atoms with Gasteiger partial charge in [-0.15, -0.1) is 0 Å². The van der Waals surface area contributed by atoms with Crippen LogP contribution in [0.3, 0.4) is 0 Å². The number of amides is 1. The number of carbonyl (C=O) groups excluding carboxylic acids is 1. The topological polar surface area (TPSA) is 70.6 Å². The summed E-state index contributed by atoms with van der Waals surface area (Å²) < 4.78 is 4.84. The van der Waals surface area contributed by atoms with Crippen LogP contribution in [-0.4, -0.2) is 43.4 Å². The van der Waals surface area contributed by atoms with E-state index in [1.807, 2.05) is 19.1 Å². The van der Waals surface area contributed by atoms with E-state index in [0.29, 0.717) is 17.5 Å². The van der Waals surface area contributed by atoms with E-state index in [1.54, 1.807) is 6.07 Å². The molecule has 1 aromatic carbocycles. The van der Waals surface area contributed by atoms with Crippen LogP contribution in [0.25, 0.3) is 0 Å². The molecule has 2 unspecified atom stereocenters. The van der Waals surface area contributed by atoms with Crippen LogP contribution in [0.4, 0.5) is 5.69 Å². The molecule has 1 amide bonds. The summed E-state index contributed by atoms with van der Waals surface area (Å²) in [7, 11) is 1.51. The second-order valence-electron chi connectivity index (χ2n) is 5.97. The molecule has 0 spiro atoms. The van der Waals surface area contributed by atoms with E-state index in [9.17, 15) is 9.90 Å². The number of benzene rings is 1. The van der Waals surface area contributed by atoms with Crippen molar-refractivity contribution in [3.05, 3.63) is 29.3 Å². The van der Waals surface area contributed by atoms with Crippen LogP contribution in [0, 0.1) is 12.8 Å². The molecule has 1 rings (SSSR count). The molecular formula is C17H28N2O3. The van der Waals surface area contributed by atoms with Crippen LogP contribution in [0.5, 0.6) is 0 Å². The van der Waals surface area contributed by atoms with E-state index in [1.165, 1.54) is 7.11 Å². The molecule has 5 nitrogen and oxygen atoms in total. The summed E-state index contributed by atoms with van der Waals surface area (Å²) in [6.45, 7) is 8.73. The van der Waals surface area contributed by atoms with Crippen molar-refractivity contribution in [1.29, 1.82) is 0 Å². The first-order valence-electron chi connectivity index (χ1n) is 7.68. The van der Waals surface area contributed by atoms with E-state index in [4.69, 9.17) is 4.74 Å². The summed E-state index contributed by atoms with van der Waals surface area (Å²) >= 11 is 0. The van der Waals surface area contributed by atoms with Crippen LogP contribution in [0.15, 0.2) is 18.2 Å². The Bertz CT molecular complexity index is 489. The van der Waals surface area contributed by atoms with Crippen LogP contribution in [0.2, 0.25) is 0 Å². The fraction of sp³-hybridized carbons (Fsp3) is 0.588. The van der Waals surface area contributed by atoms with Crippen molar-refractivity contribution in [2.45, 2.75) is 39.8 Å². The maximum atomic E-state index is 12.3. The van der Waals surface area contributed by atoms with E-state index >= 15 is 0 Å². The van der Waals surface area contributed by atoms with Gasteiger partial charge in [-0.25, -0.2) is 0 Å². The largest absolute Gasteiger partial charge is 0.389 e. The van der Waals surface area contributed by atoms with E-state index in [0.717, 1.165) is 11.3 Å². The van der Waals surface area contributed by atoms with Gasteiger partial charge in [-0.05, 0) is 37.5 Å². The number of ether oxygens (including phenoxy) is 1. The predicted molar refractivity (Wildman–Crippen MR) is 89.3 cm³/mol. The molecule has 124 valence electrons. The Kier molecular flexibility index (Phi) is 7.35. The summed E-state index contributed by atoms with van der Waals surface area (Å²) in [6.07, 6.45) is -0.698. The van der Waals surface area contributed by atoms with Crippen molar-refractivity contribution in [2.24, 2.45) is 5.92 Å². The Balaban J connectivity index is 2.77. The number of aliphatic hydroxyl groups is 1. The van der Waals surface area contributed by atoms with Crippen LogP contribution >= 0.6 is 0 Å². The summed E-state index contributed by atoms with van der Waals surface area (Å²) in [5.41, 5.74) is 2.49. The number of nitrogens with one attached hydrogen (secondary N) is 2. The molecule has 1 aromatic rings. The summed E-state index contributed by atoms with van der Waals surface area (Å²) in [5, 5.41) is 15.8. The molecule has 5 heteroatoms. The summed E-state index contributed by atoms with van der Waals surface area (Å²) in [6, 6.07) is 5.95. The monoisotopic (exact) mass is 308 g/mol. The Morgan fingerprint density at radius 2 is 2.00 bits per heavy atom. The van der Waals surface area contributed by atoms with Crippen molar-refractivity contribution in [3.63, 3.8) is 0 Å². The Labute approximate surface area is 133 Å². The first-order chi connectivity index (χ1) is 10.4.